The minimum atomic E-state index is -0.466. The van der Waals surface area contributed by atoms with E-state index in [4.69, 9.17) is 23.7 Å². The van der Waals surface area contributed by atoms with E-state index in [1.165, 1.54) is 17.6 Å². The molecule has 2 spiro atoms. The summed E-state index contributed by atoms with van der Waals surface area (Å²) >= 11 is 0. The van der Waals surface area contributed by atoms with Crippen molar-refractivity contribution in [1.82, 2.24) is 0 Å². The first-order valence-corrected chi connectivity index (χ1v) is 13.2. The summed E-state index contributed by atoms with van der Waals surface area (Å²) in [6.07, 6.45) is 11.5. The summed E-state index contributed by atoms with van der Waals surface area (Å²) in [5.41, 5.74) is 4.23. The predicted molar refractivity (Wildman–Crippen MR) is 128 cm³/mol. The maximum Gasteiger partial charge on any atom is 0.177 e. The fourth-order valence-electron chi connectivity index (χ4n) is 8.52. The van der Waals surface area contributed by atoms with E-state index in [0.717, 1.165) is 51.1 Å². The van der Waals surface area contributed by atoms with Crippen LogP contribution in [0.3, 0.4) is 0 Å². The monoisotopic (exact) mass is 464 g/mol. The molecule has 7 rings (SSSR count). The van der Waals surface area contributed by atoms with E-state index in [-0.39, 0.29) is 11.2 Å². The van der Waals surface area contributed by atoms with Crippen LogP contribution in [0.4, 0.5) is 0 Å². The van der Waals surface area contributed by atoms with Gasteiger partial charge in [-0.3, -0.25) is 0 Å². The summed E-state index contributed by atoms with van der Waals surface area (Å²) in [5.74, 6) is 2.31. The van der Waals surface area contributed by atoms with Gasteiger partial charge >= 0.3 is 0 Å². The lowest BCUT2D eigenvalue weighted by molar-refractivity contribution is -0.214. The summed E-state index contributed by atoms with van der Waals surface area (Å²) in [6, 6.07) is 8.69. The molecule has 0 N–H and O–H groups in total. The molecule has 4 aliphatic carbocycles. The fourth-order valence-corrected chi connectivity index (χ4v) is 8.52. The van der Waals surface area contributed by atoms with E-state index in [1.54, 1.807) is 12.7 Å². The number of rotatable bonds is 2. The molecule has 5 atom stereocenters. The molecule has 0 bridgehead atoms. The van der Waals surface area contributed by atoms with Gasteiger partial charge in [-0.05, 0) is 66.2 Å². The van der Waals surface area contributed by atoms with Crippen molar-refractivity contribution in [2.24, 2.45) is 29.1 Å². The van der Waals surface area contributed by atoms with Crippen LogP contribution in [0, 0.1) is 29.1 Å². The molecular formula is C29H36O5. The maximum absolute atomic E-state index is 6.41. The first-order chi connectivity index (χ1) is 16.6. The Morgan fingerprint density at radius 3 is 2.38 bits per heavy atom. The number of fused-ring (bicyclic) bond motifs is 6. The van der Waals surface area contributed by atoms with Gasteiger partial charge in [0.1, 0.15) is 5.75 Å². The van der Waals surface area contributed by atoms with Gasteiger partial charge in [-0.1, -0.05) is 36.8 Å². The average Bonchev–Trinajstić information content (AvgIpc) is 3.59. The summed E-state index contributed by atoms with van der Waals surface area (Å²) in [6.45, 7) is 5.27. The molecule has 6 aliphatic rings. The lowest BCUT2D eigenvalue weighted by Crippen LogP contribution is -2.52. The van der Waals surface area contributed by atoms with E-state index >= 15 is 0 Å². The molecule has 182 valence electrons. The van der Waals surface area contributed by atoms with Crippen LogP contribution >= 0.6 is 0 Å². The largest absolute Gasteiger partial charge is 0.497 e. The topological polar surface area (TPSA) is 46.2 Å². The van der Waals surface area contributed by atoms with Gasteiger partial charge in [0.25, 0.3) is 0 Å². The standard InChI is InChI=1S/C29H36O5/c1-27-18-24(19-3-6-21(30-2)7-4-19)26-22-9-11-28(31-13-14-32-28)17-20(22)5-8-23(26)25(27)10-12-29(27)33-15-16-34-29/h3-7,18,22-23,25-26H,8-17H2,1-2H3/t22-,23-,25-,26+,27-/m0/s1. The van der Waals surface area contributed by atoms with E-state index in [9.17, 15) is 0 Å². The van der Waals surface area contributed by atoms with E-state index < -0.39 is 5.79 Å². The molecule has 5 heteroatoms. The second kappa shape index (κ2) is 7.67. The molecule has 2 heterocycles. The highest BCUT2D eigenvalue weighted by Gasteiger charge is 2.65. The van der Waals surface area contributed by atoms with Crippen molar-refractivity contribution in [2.45, 2.75) is 57.0 Å². The van der Waals surface area contributed by atoms with E-state index in [0.29, 0.717) is 36.9 Å². The van der Waals surface area contributed by atoms with Crippen molar-refractivity contribution in [1.29, 1.82) is 0 Å². The molecule has 4 fully saturated rings. The third kappa shape index (κ3) is 2.93. The van der Waals surface area contributed by atoms with E-state index in [1.807, 2.05) is 0 Å². The number of methoxy groups -OCH3 is 1. The van der Waals surface area contributed by atoms with Crippen LogP contribution < -0.4 is 4.74 Å². The van der Waals surface area contributed by atoms with E-state index in [2.05, 4.69) is 43.3 Å². The van der Waals surface area contributed by atoms with Crippen molar-refractivity contribution in [2.75, 3.05) is 33.5 Å². The highest BCUT2D eigenvalue weighted by molar-refractivity contribution is 5.72. The first-order valence-electron chi connectivity index (χ1n) is 13.2. The molecule has 1 aromatic rings. The summed E-state index contributed by atoms with van der Waals surface area (Å²) in [7, 11) is 1.73. The maximum atomic E-state index is 6.41. The molecule has 5 nitrogen and oxygen atoms in total. The second-order valence-electron chi connectivity index (χ2n) is 11.3. The Hall–Kier alpha value is -1.66. The van der Waals surface area contributed by atoms with Crippen molar-refractivity contribution < 1.29 is 23.7 Å². The highest BCUT2D eigenvalue weighted by atomic mass is 16.7. The van der Waals surface area contributed by atoms with Crippen molar-refractivity contribution >= 4 is 5.57 Å². The Morgan fingerprint density at radius 1 is 0.912 bits per heavy atom. The Labute approximate surface area is 202 Å². The van der Waals surface area contributed by atoms with Crippen LogP contribution in [0.15, 0.2) is 42.0 Å². The van der Waals surface area contributed by atoms with Crippen molar-refractivity contribution in [3.8, 4) is 5.75 Å². The predicted octanol–water partition coefficient (Wildman–Crippen LogP) is 5.36. The van der Waals surface area contributed by atoms with Gasteiger partial charge in [0.2, 0.25) is 0 Å². The van der Waals surface area contributed by atoms with Gasteiger partial charge in [-0.25, -0.2) is 0 Å². The smallest absolute Gasteiger partial charge is 0.177 e. The molecular weight excluding hydrogens is 428 g/mol. The van der Waals surface area contributed by atoms with Gasteiger partial charge in [0.05, 0.1) is 33.5 Å². The zero-order valence-corrected chi connectivity index (χ0v) is 20.4. The molecule has 2 saturated carbocycles. The lowest BCUT2D eigenvalue weighted by Gasteiger charge is -2.54. The third-order valence-corrected chi connectivity index (χ3v) is 10.0. The molecule has 0 amide bonds. The number of benzene rings is 1. The zero-order valence-electron chi connectivity index (χ0n) is 20.4. The van der Waals surface area contributed by atoms with Gasteiger partial charge in [-0.2, -0.15) is 0 Å². The van der Waals surface area contributed by atoms with Gasteiger partial charge < -0.3 is 23.7 Å². The molecule has 1 aromatic carbocycles. The number of hydrogen-bond donors (Lipinski definition) is 0. The van der Waals surface area contributed by atoms with Crippen LogP contribution in [-0.4, -0.2) is 45.1 Å². The molecule has 2 aliphatic heterocycles. The summed E-state index contributed by atoms with van der Waals surface area (Å²) < 4.78 is 30.5. The number of hydrogen-bond acceptors (Lipinski definition) is 5. The van der Waals surface area contributed by atoms with Gasteiger partial charge in [0.15, 0.2) is 11.6 Å². The van der Waals surface area contributed by atoms with Crippen LogP contribution in [0.5, 0.6) is 5.75 Å². The Kier molecular flexibility index (Phi) is 4.87. The Bertz CT molecular complexity index is 1010. The molecule has 2 saturated heterocycles. The number of allylic oxidation sites excluding steroid dienone is 2. The highest BCUT2D eigenvalue weighted by Crippen LogP contribution is 2.67. The normalized spacial score (nSPS) is 39.4. The summed E-state index contributed by atoms with van der Waals surface area (Å²) in [4.78, 5) is 0. The van der Waals surface area contributed by atoms with Crippen molar-refractivity contribution in [3.63, 3.8) is 0 Å². The number of ether oxygens (including phenoxy) is 5. The molecule has 34 heavy (non-hydrogen) atoms. The lowest BCUT2D eigenvalue weighted by atomic mass is 9.52. The van der Waals surface area contributed by atoms with Crippen LogP contribution in [0.25, 0.3) is 5.57 Å². The van der Waals surface area contributed by atoms with Crippen LogP contribution in [0.1, 0.15) is 51.0 Å². The quantitative estimate of drug-likeness (QED) is 0.552. The summed E-state index contributed by atoms with van der Waals surface area (Å²) in [5, 5.41) is 0. The Morgan fingerprint density at radius 2 is 1.65 bits per heavy atom. The minimum absolute atomic E-state index is 0.112. The third-order valence-electron chi connectivity index (χ3n) is 10.0. The average molecular weight is 465 g/mol. The van der Waals surface area contributed by atoms with Gasteiger partial charge in [0, 0.05) is 24.7 Å². The second-order valence-corrected chi connectivity index (χ2v) is 11.3. The van der Waals surface area contributed by atoms with Crippen LogP contribution in [-0.2, 0) is 18.9 Å². The molecule has 0 radical (unpaired) electrons. The van der Waals surface area contributed by atoms with Crippen LogP contribution in [0.2, 0.25) is 0 Å². The SMILES string of the molecule is COc1ccc(C2=C[C@@]3(C)[C@@H](CCC34OCCO4)[C@@H]3CC=C4CC5(CC[C@@H]4[C@@H]23)OCCO5)cc1. The zero-order chi connectivity index (χ0) is 23.0. The first kappa shape index (κ1) is 21.6. The molecule has 0 aromatic heterocycles. The van der Waals surface area contributed by atoms with Gasteiger partial charge in [-0.15, -0.1) is 0 Å². The minimum Gasteiger partial charge on any atom is -0.497 e. The fraction of sp³-hybridized carbons (Fsp3) is 0.655. The Balaban J connectivity index is 1.33. The van der Waals surface area contributed by atoms with Crippen molar-refractivity contribution in [3.05, 3.63) is 47.6 Å². The molecule has 0 unspecified atom stereocenters.